The summed E-state index contributed by atoms with van der Waals surface area (Å²) in [6.45, 7) is 0. The van der Waals surface area contributed by atoms with Gasteiger partial charge in [0.05, 0.1) is 36.2 Å². The Kier molecular flexibility index (Phi) is 4.71. The molecular weight excluding hydrogens is 322 g/mol. The number of carbonyl (C=O) groups is 2. The number of aromatic nitrogens is 1. The van der Waals surface area contributed by atoms with Gasteiger partial charge in [0.1, 0.15) is 0 Å². The lowest BCUT2D eigenvalue weighted by atomic mass is 10.0. The normalized spacial score (nSPS) is 10.2. The third-order valence-corrected chi connectivity index (χ3v) is 3.40. The lowest BCUT2D eigenvalue weighted by Gasteiger charge is -2.11. The minimum Gasteiger partial charge on any atom is -0.465 e. The van der Waals surface area contributed by atoms with Gasteiger partial charge in [-0.25, -0.2) is 14.6 Å². The third-order valence-electron chi connectivity index (χ3n) is 3.11. The molecule has 0 spiro atoms. The summed E-state index contributed by atoms with van der Waals surface area (Å²) in [5.74, 6) is -1.21. The Hall–Kier alpha value is -2.80. The molecule has 0 bridgehead atoms. The van der Waals surface area contributed by atoms with E-state index in [1.807, 2.05) is 0 Å². The van der Waals surface area contributed by atoms with Gasteiger partial charge >= 0.3 is 11.9 Å². The quantitative estimate of drug-likeness (QED) is 0.651. The number of esters is 2. The molecule has 7 nitrogen and oxygen atoms in total. The molecule has 0 saturated carbocycles. The lowest BCUT2D eigenvalue weighted by molar-refractivity contribution is 0.0588. The molecule has 23 heavy (non-hydrogen) atoms. The van der Waals surface area contributed by atoms with Gasteiger partial charge in [-0.15, -0.1) is 0 Å². The number of benzene rings is 1. The van der Waals surface area contributed by atoms with E-state index >= 15 is 0 Å². The molecule has 0 aliphatic rings. The highest BCUT2D eigenvalue weighted by Crippen LogP contribution is 2.32. The zero-order chi connectivity index (χ0) is 17.1. The second kappa shape index (κ2) is 6.53. The number of rotatable bonds is 3. The number of halogens is 1. The van der Waals surface area contributed by atoms with Gasteiger partial charge in [-0.2, -0.15) is 0 Å². The highest BCUT2D eigenvalue weighted by molar-refractivity contribution is 6.33. The summed E-state index contributed by atoms with van der Waals surface area (Å²) in [5, 5.41) is 0.0721. The average molecular weight is 336 g/mol. The van der Waals surface area contributed by atoms with Crippen molar-refractivity contribution in [2.75, 3.05) is 25.7 Å². The molecule has 0 unspecified atom stereocenters. The van der Waals surface area contributed by atoms with E-state index in [0.717, 1.165) is 0 Å². The van der Waals surface area contributed by atoms with Crippen LogP contribution < -0.4 is 11.5 Å². The van der Waals surface area contributed by atoms with Crippen molar-refractivity contribution in [3.63, 3.8) is 0 Å². The number of hydrogen-bond donors (Lipinski definition) is 2. The smallest absolute Gasteiger partial charge is 0.358 e. The summed E-state index contributed by atoms with van der Waals surface area (Å²) in [4.78, 5) is 27.3. The highest BCUT2D eigenvalue weighted by atomic mass is 35.5. The first kappa shape index (κ1) is 16.6. The number of ether oxygens (including phenoxy) is 2. The summed E-state index contributed by atoms with van der Waals surface area (Å²) in [5.41, 5.74) is 13.3. The SMILES string of the molecule is COC(=O)c1ccc(-c2nc(C(=O)OC)c(Cl)cc2N)c(N)c1. The Labute approximate surface area is 137 Å². The molecule has 0 radical (unpaired) electrons. The number of pyridine rings is 1. The third kappa shape index (κ3) is 3.19. The molecule has 2 aromatic rings. The molecule has 2 rings (SSSR count). The van der Waals surface area contributed by atoms with Gasteiger partial charge in [-0.1, -0.05) is 11.6 Å². The van der Waals surface area contributed by atoms with E-state index in [1.165, 1.54) is 32.4 Å². The molecule has 0 atom stereocenters. The van der Waals surface area contributed by atoms with Crippen LogP contribution in [0.15, 0.2) is 24.3 Å². The zero-order valence-electron chi connectivity index (χ0n) is 12.4. The largest absolute Gasteiger partial charge is 0.465 e. The van der Waals surface area contributed by atoms with Crippen LogP contribution in [-0.4, -0.2) is 31.1 Å². The van der Waals surface area contributed by atoms with Gasteiger partial charge in [0, 0.05) is 11.3 Å². The maximum Gasteiger partial charge on any atom is 0.358 e. The summed E-state index contributed by atoms with van der Waals surface area (Å²) in [6, 6.07) is 5.92. The maximum atomic E-state index is 11.7. The topological polar surface area (TPSA) is 118 Å². The lowest BCUT2D eigenvalue weighted by Crippen LogP contribution is -2.09. The first-order valence-corrected chi connectivity index (χ1v) is 6.79. The number of nitrogens with two attached hydrogens (primary N) is 2. The summed E-state index contributed by atoms with van der Waals surface area (Å²) < 4.78 is 9.25. The molecule has 1 heterocycles. The second-order valence-corrected chi connectivity index (χ2v) is 4.95. The fourth-order valence-corrected chi connectivity index (χ4v) is 2.22. The van der Waals surface area contributed by atoms with Crippen molar-refractivity contribution in [3.8, 4) is 11.3 Å². The van der Waals surface area contributed by atoms with Gasteiger partial charge in [0.25, 0.3) is 0 Å². The number of methoxy groups -OCH3 is 2. The van der Waals surface area contributed by atoms with Crippen LogP contribution in [0.25, 0.3) is 11.3 Å². The van der Waals surface area contributed by atoms with Crippen LogP contribution in [-0.2, 0) is 9.47 Å². The number of nitrogen functional groups attached to an aromatic ring is 2. The van der Waals surface area contributed by atoms with E-state index in [1.54, 1.807) is 6.07 Å². The van der Waals surface area contributed by atoms with Crippen LogP contribution in [0.5, 0.6) is 0 Å². The zero-order valence-corrected chi connectivity index (χ0v) is 13.2. The first-order valence-electron chi connectivity index (χ1n) is 6.41. The van der Waals surface area contributed by atoms with Gasteiger partial charge in [0.15, 0.2) is 5.69 Å². The van der Waals surface area contributed by atoms with Crippen molar-refractivity contribution in [2.45, 2.75) is 0 Å². The highest BCUT2D eigenvalue weighted by Gasteiger charge is 2.19. The number of nitrogens with zero attached hydrogens (tertiary/aromatic N) is 1. The molecule has 4 N–H and O–H groups in total. The molecule has 0 amide bonds. The Morgan fingerprint density at radius 2 is 1.70 bits per heavy atom. The standard InChI is InChI=1S/C15H14ClN3O4/c1-22-14(20)7-3-4-8(10(17)5-7)12-11(18)6-9(16)13(19-12)15(21)23-2/h3-6H,17-18H2,1-2H3. The van der Waals surface area contributed by atoms with Crippen LogP contribution in [0.1, 0.15) is 20.8 Å². The van der Waals surface area contributed by atoms with Crippen molar-refractivity contribution in [3.05, 3.63) is 40.5 Å². The van der Waals surface area contributed by atoms with Crippen molar-refractivity contribution >= 4 is 34.9 Å². The minimum atomic E-state index is -0.694. The predicted octanol–water partition coefficient (Wildman–Crippen LogP) is 2.14. The molecule has 0 aliphatic carbocycles. The minimum absolute atomic E-state index is 0.0721. The fourth-order valence-electron chi connectivity index (χ4n) is 1.98. The van der Waals surface area contributed by atoms with Crippen LogP contribution in [0, 0.1) is 0 Å². The van der Waals surface area contributed by atoms with E-state index in [4.69, 9.17) is 23.1 Å². The van der Waals surface area contributed by atoms with Crippen LogP contribution in [0.4, 0.5) is 11.4 Å². The van der Waals surface area contributed by atoms with Crippen LogP contribution in [0.2, 0.25) is 5.02 Å². The van der Waals surface area contributed by atoms with Crippen molar-refractivity contribution < 1.29 is 19.1 Å². The number of hydrogen-bond acceptors (Lipinski definition) is 7. The Bertz CT molecular complexity index is 793. The van der Waals surface area contributed by atoms with E-state index < -0.39 is 11.9 Å². The molecule has 0 fully saturated rings. The van der Waals surface area contributed by atoms with E-state index in [-0.39, 0.29) is 33.3 Å². The monoisotopic (exact) mass is 335 g/mol. The number of anilines is 2. The van der Waals surface area contributed by atoms with E-state index in [0.29, 0.717) is 5.56 Å². The van der Waals surface area contributed by atoms with Gasteiger partial charge in [-0.05, 0) is 24.3 Å². The van der Waals surface area contributed by atoms with E-state index in [9.17, 15) is 9.59 Å². The Balaban J connectivity index is 2.58. The summed E-state index contributed by atoms with van der Waals surface area (Å²) in [7, 11) is 2.49. The summed E-state index contributed by atoms with van der Waals surface area (Å²) in [6.07, 6.45) is 0. The van der Waals surface area contributed by atoms with Gasteiger partial charge in [-0.3, -0.25) is 0 Å². The van der Waals surface area contributed by atoms with Crippen LogP contribution in [0.3, 0.4) is 0 Å². The van der Waals surface area contributed by atoms with Crippen molar-refractivity contribution in [2.24, 2.45) is 0 Å². The molecule has 1 aromatic heterocycles. The van der Waals surface area contributed by atoms with Crippen molar-refractivity contribution in [1.29, 1.82) is 0 Å². The molecule has 1 aromatic carbocycles. The van der Waals surface area contributed by atoms with Gasteiger partial charge < -0.3 is 20.9 Å². The Morgan fingerprint density at radius 1 is 1.04 bits per heavy atom. The molecule has 0 aliphatic heterocycles. The van der Waals surface area contributed by atoms with Crippen molar-refractivity contribution in [1.82, 2.24) is 4.98 Å². The maximum absolute atomic E-state index is 11.7. The fraction of sp³-hybridized carbons (Fsp3) is 0.133. The first-order chi connectivity index (χ1) is 10.9. The molecule has 0 saturated heterocycles. The predicted molar refractivity (Wildman–Crippen MR) is 86.2 cm³/mol. The summed E-state index contributed by atoms with van der Waals surface area (Å²) >= 11 is 5.95. The van der Waals surface area contributed by atoms with E-state index in [2.05, 4.69) is 14.5 Å². The molecule has 8 heteroatoms. The Morgan fingerprint density at radius 3 is 2.26 bits per heavy atom. The van der Waals surface area contributed by atoms with Gasteiger partial charge in [0.2, 0.25) is 0 Å². The molecule has 120 valence electrons. The average Bonchev–Trinajstić information content (AvgIpc) is 2.54. The van der Waals surface area contributed by atoms with Crippen LogP contribution >= 0.6 is 11.6 Å². The molecular formula is C15H14ClN3O4. The number of carbonyl (C=O) groups excluding carboxylic acids is 2. The second-order valence-electron chi connectivity index (χ2n) is 4.54.